The second-order valence-corrected chi connectivity index (χ2v) is 2.50. The molecule has 5 nitrogen and oxygen atoms in total. The van der Waals surface area contributed by atoms with Crippen molar-refractivity contribution < 1.29 is 50.9 Å². The Morgan fingerprint density at radius 3 is 2.60 bits per heavy atom. The Labute approximate surface area is 110 Å². The van der Waals surface area contributed by atoms with Crippen LogP contribution in [-0.4, -0.2) is 29.1 Å². The maximum Gasteiger partial charge on any atom is 2.00 e. The van der Waals surface area contributed by atoms with Crippen LogP contribution in [0.2, 0.25) is 0 Å². The molecule has 0 bridgehead atoms. The number of aliphatic carboxylic acids is 1. The Morgan fingerprint density at radius 1 is 1.53 bits per heavy atom. The van der Waals surface area contributed by atoms with Crippen molar-refractivity contribution in [1.29, 1.82) is 0 Å². The molecule has 0 fully saturated rings. The topological polar surface area (TPSA) is 77.8 Å². The number of amides is 1. The molecule has 0 heterocycles. The van der Waals surface area contributed by atoms with E-state index in [-0.39, 0.29) is 42.6 Å². The molecular formula is C9H7NO4U. The van der Waals surface area contributed by atoms with Crippen LogP contribution < -0.4 is 4.90 Å². The summed E-state index contributed by atoms with van der Waals surface area (Å²) in [6, 6.07) is 6.49. The first-order chi connectivity index (χ1) is 6.63. The number of benzene rings is 1. The fourth-order valence-corrected chi connectivity index (χ4v) is 0.878. The number of rotatable bonds is 4. The van der Waals surface area contributed by atoms with Crippen molar-refractivity contribution in [3.8, 4) is 5.75 Å². The van der Waals surface area contributed by atoms with Gasteiger partial charge < -0.3 is 19.9 Å². The smallest absolute Gasteiger partial charge is 0.566 e. The van der Waals surface area contributed by atoms with Crippen molar-refractivity contribution in [3.05, 3.63) is 24.3 Å². The Kier molecular flexibility index (Phi) is 6.06. The molecule has 0 aliphatic heterocycles. The zero-order valence-corrected chi connectivity index (χ0v) is 11.8. The number of carbonyl (C=O) groups is 1. The monoisotopic (exact) mass is 431 g/mol. The van der Waals surface area contributed by atoms with Crippen LogP contribution in [0.1, 0.15) is 0 Å². The van der Waals surface area contributed by atoms with Gasteiger partial charge in [0.05, 0.1) is 13.0 Å². The summed E-state index contributed by atoms with van der Waals surface area (Å²) in [5.74, 6) is -1.15. The third-order valence-corrected chi connectivity index (χ3v) is 1.47. The summed E-state index contributed by atoms with van der Waals surface area (Å²) < 4.78 is 0. The van der Waals surface area contributed by atoms with Crippen LogP contribution in [0.3, 0.4) is 0 Å². The van der Waals surface area contributed by atoms with Gasteiger partial charge in [0.25, 0.3) is 0 Å². The van der Waals surface area contributed by atoms with Crippen molar-refractivity contribution >= 4 is 18.1 Å². The molecule has 15 heavy (non-hydrogen) atoms. The minimum absolute atomic E-state index is 0. The average molecular weight is 431 g/mol. The molecule has 0 saturated carbocycles. The second kappa shape index (κ2) is 6.49. The molecule has 0 atom stereocenters. The number of carboxylic acids is 1. The predicted octanol–water partition coefficient (Wildman–Crippen LogP) is 0.151. The van der Waals surface area contributed by atoms with Gasteiger partial charge in [0.1, 0.15) is 0 Å². The minimum atomic E-state index is -1.14. The first-order valence-corrected chi connectivity index (χ1v) is 3.71. The molecule has 2 N–H and O–H groups in total. The molecular weight excluding hydrogens is 424 g/mol. The first kappa shape index (κ1) is 14.0. The molecule has 0 radical (unpaired) electrons. The van der Waals surface area contributed by atoms with E-state index in [1.807, 2.05) is 0 Å². The fraction of sp³-hybridized carbons (Fsp3) is 0.111. The summed E-state index contributed by atoms with van der Waals surface area (Å²) in [5.41, 5.74) is 0.250. The zero-order valence-electron chi connectivity index (χ0n) is 7.60. The SMILES string of the molecule is O=[C-]N(CC(=O)O)c1[c-]cc(O)cc1.[U+2]. The van der Waals surface area contributed by atoms with Crippen LogP contribution in [0.4, 0.5) is 5.69 Å². The molecule has 6 heteroatoms. The Hall–Kier alpha value is -0.988. The number of phenolic OH excluding ortho intramolecular Hbond substituents is 1. The number of nitrogens with zero attached hydrogens (tertiary/aromatic N) is 1. The fourth-order valence-electron chi connectivity index (χ4n) is 0.878. The predicted molar refractivity (Wildman–Crippen MR) is 47.6 cm³/mol. The Balaban J connectivity index is 0.00000196. The largest absolute Gasteiger partial charge is 2.00 e. The van der Waals surface area contributed by atoms with E-state index < -0.39 is 12.5 Å². The van der Waals surface area contributed by atoms with Crippen molar-refractivity contribution in [3.63, 3.8) is 0 Å². The standard InChI is InChI=1S/C9H7NO4.U/c11-6-10(5-9(13)14)7-1-3-8(12)4-2-7;/h1,3-4,12H,5H2,(H,13,14);/q-2;+2. The van der Waals surface area contributed by atoms with Crippen LogP contribution in [-0.2, 0) is 9.59 Å². The van der Waals surface area contributed by atoms with Crippen LogP contribution in [0, 0.1) is 37.2 Å². The van der Waals surface area contributed by atoms with Crippen molar-refractivity contribution in [1.82, 2.24) is 0 Å². The Morgan fingerprint density at radius 2 is 2.20 bits per heavy atom. The van der Waals surface area contributed by atoms with Crippen molar-refractivity contribution in [2.75, 3.05) is 11.4 Å². The summed E-state index contributed by atoms with van der Waals surface area (Å²) in [4.78, 5) is 21.6. The molecule has 1 aromatic rings. The number of anilines is 1. The molecule has 0 aliphatic rings. The van der Waals surface area contributed by atoms with Gasteiger partial charge in [-0.1, -0.05) is 0 Å². The van der Waals surface area contributed by atoms with E-state index in [0.29, 0.717) is 0 Å². The molecule has 1 amide bonds. The van der Waals surface area contributed by atoms with E-state index in [9.17, 15) is 9.59 Å². The summed E-state index contributed by atoms with van der Waals surface area (Å²) in [7, 11) is 0. The maximum atomic E-state index is 10.4. The molecule has 0 spiro atoms. The van der Waals surface area contributed by atoms with Crippen LogP contribution >= 0.6 is 0 Å². The number of phenols is 1. The number of carbonyl (C=O) groups excluding carboxylic acids is 1. The van der Waals surface area contributed by atoms with Gasteiger partial charge in [0.2, 0.25) is 0 Å². The number of carboxylic acid groups (broad SMARTS) is 1. The number of aromatic hydroxyl groups is 1. The number of hydrogen-bond donors (Lipinski definition) is 2. The summed E-state index contributed by atoms with van der Waals surface area (Å²) in [6.07, 6.45) is 1.46. The molecule has 0 saturated heterocycles. The van der Waals surface area contributed by atoms with Crippen LogP contribution in [0.15, 0.2) is 18.2 Å². The normalized spacial score (nSPS) is 8.80. The zero-order chi connectivity index (χ0) is 10.6. The molecule has 76 valence electrons. The minimum Gasteiger partial charge on any atom is -0.566 e. The van der Waals surface area contributed by atoms with Gasteiger partial charge in [-0.05, 0) is 0 Å². The van der Waals surface area contributed by atoms with E-state index in [1.54, 1.807) is 0 Å². The van der Waals surface area contributed by atoms with E-state index in [4.69, 9.17) is 10.2 Å². The molecule has 0 aromatic heterocycles. The first-order valence-electron chi connectivity index (χ1n) is 3.71. The van der Waals surface area contributed by atoms with Gasteiger partial charge in [-0.15, -0.1) is 6.07 Å². The van der Waals surface area contributed by atoms with E-state index in [0.717, 1.165) is 4.90 Å². The third kappa shape index (κ3) is 4.37. The van der Waals surface area contributed by atoms with E-state index >= 15 is 0 Å². The summed E-state index contributed by atoms with van der Waals surface area (Å²) in [5, 5.41) is 17.4. The maximum absolute atomic E-state index is 10.4. The van der Waals surface area contributed by atoms with E-state index in [2.05, 4.69) is 6.07 Å². The quantitative estimate of drug-likeness (QED) is 0.526. The van der Waals surface area contributed by atoms with Gasteiger partial charge in [-0.3, -0.25) is 10.9 Å². The van der Waals surface area contributed by atoms with Gasteiger partial charge in [-0.25, -0.2) is 11.8 Å². The third-order valence-electron chi connectivity index (χ3n) is 1.47. The van der Waals surface area contributed by atoms with Crippen molar-refractivity contribution in [2.45, 2.75) is 0 Å². The van der Waals surface area contributed by atoms with Crippen molar-refractivity contribution in [2.24, 2.45) is 0 Å². The molecule has 0 aliphatic carbocycles. The molecule has 1 aromatic carbocycles. The Bertz CT molecular complexity index is 338. The summed E-state index contributed by atoms with van der Waals surface area (Å²) in [6.45, 7) is -0.481. The van der Waals surface area contributed by atoms with E-state index in [1.165, 1.54) is 24.6 Å². The molecule has 1 rings (SSSR count). The van der Waals surface area contributed by atoms with Gasteiger partial charge in [0.15, 0.2) is 0 Å². The van der Waals surface area contributed by atoms with Crippen LogP contribution in [0.5, 0.6) is 5.75 Å². The van der Waals surface area contributed by atoms with Gasteiger partial charge >= 0.3 is 37.1 Å². The second-order valence-electron chi connectivity index (χ2n) is 2.50. The van der Waals surface area contributed by atoms with Gasteiger partial charge in [-0.2, -0.15) is 6.07 Å². The van der Waals surface area contributed by atoms with Gasteiger partial charge in [0, 0.05) is 5.75 Å². The average Bonchev–Trinajstić information content (AvgIpc) is 2.15. The van der Waals surface area contributed by atoms with Crippen LogP contribution in [0.25, 0.3) is 0 Å². The number of hydrogen-bond acceptors (Lipinski definition) is 3. The summed E-state index contributed by atoms with van der Waals surface area (Å²) >= 11 is 0. The molecule has 0 unspecified atom stereocenters.